The van der Waals surface area contributed by atoms with Crippen LogP contribution in [-0.2, 0) is 9.59 Å². The van der Waals surface area contributed by atoms with Crippen molar-refractivity contribution in [3.8, 4) is 11.5 Å². The first-order valence-corrected chi connectivity index (χ1v) is 10.7. The van der Waals surface area contributed by atoms with E-state index in [1.54, 1.807) is 24.3 Å². The summed E-state index contributed by atoms with van der Waals surface area (Å²) >= 11 is 0. The van der Waals surface area contributed by atoms with E-state index in [1.807, 2.05) is 0 Å². The van der Waals surface area contributed by atoms with Crippen molar-refractivity contribution < 1.29 is 28.8 Å². The summed E-state index contributed by atoms with van der Waals surface area (Å²) in [5.74, 6) is -2.43. The lowest BCUT2D eigenvalue weighted by Gasteiger charge is -2.30. The Hall–Kier alpha value is -4.54. The fourth-order valence-corrected chi connectivity index (χ4v) is 4.98. The molecule has 3 heterocycles. The molecule has 0 aromatic heterocycles. The number of allylic oxidation sites excluding steroid dienone is 1. The summed E-state index contributed by atoms with van der Waals surface area (Å²) in [6.45, 7) is 0. The van der Waals surface area contributed by atoms with E-state index in [2.05, 4.69) is 5.10 Å². The smallest absolute Gasteiger partial charge is 0.269 e. The Morgan fingerprint density at radius 1 is 1.00 bits per heavy atom. The third-order valence-corrected chi connectivity index (χ3v) is 6.55. The first kappa shape index (κ1) is 22.3. The van der Waals surface area contributed by atoms with Crippen molar-refractivity contribution in [1.82, 2.24) is 5.01 Å². The predicted octanol–water partition coefficient (Wildman–Crippen LogP) is 2.21. The Bertz CT molecular complexity index is 1300. The maximum absolute atomic E-state index is 13.7. The number of hydrogen-bond donors (Lipinski definition) is 0. The van der Waals surface area contributed by atoms with Crippen molar-refractivity contribution in [2.45, 2.75) is 12.1 Å². The minimum absolute atomic E-state index is 0.162. The Kier molecular flexibility index (Phi) is 5.31. The quantitative estimate of drug-likeness (QED) is 0.268. The number of Topliss-reactive ketones (excluding diaryl/α,β-unsaturated/α-hetero) is 1. The third kappa shape index (κ3) is 3.35. The monoisotopic (exact) mass is 476 g/mol. The van der Waals surface area contributed by atoms with E-state index in [-0.39, 0.29) is 22.7 Å². The Labute approximate surface area is 199 Å². The maximum Gasteiger partial charge on any atom is 0.269 e. The van der Waals surface area contributed by atoms with Crippen LogP contribution in [0.1, 0.15) is 10.4 Å². The minimum atomic E-state index is -1.02. The number of nitrogens with zero attached hydrogens (tertiary/aromatic N) is 4. The van der Waals surface area contributed by atoms with Crippen LogP contribution in [0, 0.1) is 22.0 Å². The number of ketones is 1. The summed E-state index contributed by atoms with van der Waals surface area (Å²) in [4.78, 5) is 52.3. The van der Waals surface area contributed by atoms with Crippen molar-refractivity contribution in [2.24, 2.45) is 16.9 Å². The molecule has 2 fully saturated rings. The van der Waals surface area contributed by atoms with Gasteiger partial charge in [-0.2, -0.15) is 5.10 Å². The molecule has 5 rings (SSSR count). The van der Waals surface area contributed by atoms with E-state index in [0.717, 1.165) is 4.90 Å². The molecular weight excluding hydrogens is 456 g/mol. The third-order valence-electron chi connectivity index (χ3n) is 6.55. The normalized spacial score (nSPS) is 24.4. The van der Waals surface area contributed by atoms with Gasteiger partial charge < -0.3 is 9.47 Å². The van der Waals surface area contributed by atoms with Crippen LogP contribution in [0.25, 0.3) is 0 Å². The van der Waals surface area contributed by atoms with E-state index in [0.29, 0.717) is 11.5 Å². The van der Waals surface area contributed by atoms with Crippen LogP contribution in [0.15, 0.2) is 59.7 Å². The van der Waals surface area contributed by atoms with Crippen LogP contribution in [0.2, 0.25) is 0 Å². The van der Waals surface area contributed by atoms with Gasteiger partial charge in [0.25, 0.3) is 5.69 Å². The highest BCUT2D eigenvalue weighted by Gasteiger charge is 2.64. The second-order valence-corrected chi connectivity index (χ2v) is 8.24. The van der Waals surface area contributed by atoms with Crippen LogP contribution >= 0.6 is 0 Å². The summed E-state index contributed by atoms with van der Waals surface area (Å²) in [6, 6.07) is 8.26. The highest BCUT2D eigenvalue weighted by atomic mass is 16.6. The largest absolute Gasteiger partial charge is 0.493 e. The molecule has 2 aromatic rings. The number of carbonyl (C=O) groups excluding carboxylic acids is 3. The Morgan fingerprint density at radius 2 is 1.69 bits per heavy atom. The van der Waals surface area contributed by atoms with Crippen molar-refractivity contribution in [2.75, 3.05) is 19.1 Å². The highest BCUT2D eigenvalue weighted by molar-refractivity contribution is 6.24. The fourth-order valence-electron chi connectivity index (χ4n) is 4.98. The maximum atomic E-state index is 13.7. The van der Waals surface area contributed by atoms with E-state index >= 15 is 0 Å². The number of non-ortho nitro benzene ring substituents is 1. The molecule has 4 atom stereocenters. The van der Waals surface area contributed by atoms with Crippen LogP contribution in [0.3, 0.4) is 0 Å². The molecule has 35 heavy (non-hydrogen) atoms. The number of methoxy groups -OCH3 is 2. The van der Waals surface area contributed by atoms with Gasteiger partial charge in [0.1, 0.15) is 6.04 Å². The lowest BCUT2D eigenvalue weighted by Crippen LogP contribution is -2.46. The molecule has 2 saturated heterocycles. The van der Waals surface area contributed by atoms with Gasteiger partial charge in [-0.05, 0) is 36.4 Å². The van der Waals surface area contributed by atoms with Gasteiger partial charge in [0.15, 0.2) is 17.3 Å². The first-order valence-electron chi connectivity index (χ1n) is 10.7. The number of fused-ring (bicyclic) bond motifs is 3. The lowest BCUT2D eigenvalue weighted by molar-refractivity contribution is -0.384. The van der Waals surface area contributed by atoms with Gasteiger partial charge in [0.05, 0.1) is 42.7 Å². The van der Waals surface area contributed by atoms with Gasteiger partial charge in [-0.15, -0.1) is 0 Å². The van der Waals surface area contributed by atoms with Gasteiger partial charge in [-0.1, -0.05) is 6.08 Å². The zero-order valence-corrected chi connectivity index (χ0v) is 18.7. The van der Waals surface area contributed by atoms with Crippen molar-refractivity contribution in [1.29, 1.82) is 0 Å². The Morgan fingerprint density at radius 3 is 2.34 bits per heavy atom. The van der Waals surface area contributed by atoms with Gasteiger partial charge in [0.2, 0.25) is 11.8 Å². The molecule has 0 spiro atoms. The number of hydrogen-bond acceptors (Lipinski definition) is 9. The topological polar surface area (TPSA) is 132 Å². The molecule has 4 unspecified atom stereocenters. The average molecular weight is 476 g/mol. The molecule has 11 nitrogen and oxygen atoms in total. The number of rotatable bonds is 6. The standard InChI is InChI=1S/C24H20N4O7/c1-34-17-10-5-13(12-18(17)35-2)22(29)21-20-19(16-4-3-11-25-27(16)21)23(30)26(24(20)31)14-6-8-15(9-7-14)28(32)33/h3-12,16,19-21H,1-2H3. The number of carbonyl (C=O) groups is 3. The molecule has 2 amide bonds. The molecule has 0 bridgehead atoms. The summed E-state index contributed by atoms with van der Waals surface area (Å²) in [5, 5.41) is 16.8. The van der Waals surface area contributed by atoms with Crippen LogP contribution in [-0.4, -0.2) is 60.0 Å². The molecule has 11 heteroatoms. The molecule has 0 saturated carbocycles. The number of ether oxygens (including phenoxy) is 2. The average Bonchev–Trinajstić information content (AvgIpc) is 3.35. The van der Waals surface area contributed by atoms with Gasteiger partial charge >= 0.3 is 0 Å². The summed E-state index contributed by atoms with van der Waals surface area (Å²) < 4.78 is 10.6. The Balaban J connectivity index is 1.54. The lowest BCUT2D eigenvalue weighted by atomic mass is 9.86. The number of amides is 2. The molecule has 3 aliphatic heterocycles. The van der Waals surface area contributed by atoms with Crippen molar-refractivity contribution in [3.05, 3.63) is 70.3 Å². The second kappa shape index (κ2) is 8.35. The molecule has 178 valence electrons. The van der Waals surface area contributed by atoms with E-state index in [4.69, 9.17) is 9.47 Å². The number of nitro groups is 1. The van der Waals surface area contributed by atoms with Crippen molar-refractivity contribution >= 4 is 35.2 Å². The molecule has 3 aliphatic rings. The fraction of sp³-hybridized carbons (Fsp3) is 0.250. The van der Waals surface area contributed by atoms with Gasteiger partial charge in [-0.25, -0.2) is 4.90 Å². The predicted molar refractivity (Wildman–Crippen MR) is 123 cm³/mol. The SMILES string of the molecule is COc1ccc(C(=O)C2C3C(=O)N(c4ccc([N+](=O)[O-])cc4)C(=O)C3C3C=CC=NN32)cc1OC. The number of hydrazone groups is 1. The molecule has 0 N–H and O–H groups in total. The first-order chi connectivity index (χ1) is 16.9. The zero-order chi connectivity index (χ0) is 24.9. The highest BCUT2D eigenvalue weighted by Crippen LogP contribution is 2.46. The summed E-state index contributed by atoms with van der Waals surface area (Å²) in [5.41, 5.74) is 0.336. The van der Waals surface area contributed by atoms with E-state index in [1.165, 1.54) is 55.8 Å². The molecule has 2 aromatic carbocycles. The van der Waals surface area contributed by atoms with Crippen LogP contribution in [0.4, 0.5) is 11.4 Å². The number of nitro benzene ring substituents is 1. The van der Waals surface area contributed by atoms with E-state index in [9.17, 15) is 24.5 Å². The zero-order valence-electron chi connectivity index (χ0n) is 18.7. The van der Waals surface area contributed by atoms with Crippen molar-refractivity contribution in [3.63, 3.8) is 0 Å². The second-order valence-electron chi connectivity index (χ2n) is 8.24. The van der Waals surface area contributed by atoms with Gasteiger partial charge in [0, 0.05) is 23.9 Å². The molecule has 0 aliphatic carbocycles. The van der Waals surface area contributed by atoms with Crippen LogP contribution in [0.5, 0.6) is 11.5 Å². The number of anilines is 1. The summed E-state index contributed by atoms with van der Waals surface area (Å²) in [6.07, 6.45) is 4.93. The summed E-state index contributed by atoms with van der Waals surface area (Å²) in [7, 11) is 2.94. The van der Waals surface area contributed by atoms with E-state index < -0.39 is 40.7 Å². The number of imide groups is 1. The van der Waals surface area contributed by atoms with Gasteiger partial charge in [-0.3, -0.25) is 29.5 Å². The molecular formula is C24H20N4O7. The number of benzene rings is 2. The van der Waals surface area contributed by atoms with Crippen LogP contribution < -0.4 is 14.4 Å². The molecule has 0 radical (unpaired) electrons. The minimum Gasteiger partial charge on any atom is -0.493 e.